The van der Waals surface area contributed by atoms with E-state index >= 15 is 0 Å². The van der Waals surface area contributed by atoms with E-state index in [1.54, 1.807) is 14.2 Å². The third-order valence-electron chi connectivity index (χ3n) is 3.25. The summed E-state index contributed by atoms with van der Waals surface area (Å²) in [4.78, 5) is 11.9. The second-order valence-corrected chi connectivity index (χ2v) is 4.78. The van der Waals surface area contributed by atoms with Crippen LogP contribution in [-0.2, 0) is 9.47 Å². The minimum Gasteiger partial charge on any atom is -0.382 e. The number of carbonyl (C=O) groups is 1. The van der Waals surface area contributed by atoms with Gasteiger partial charge in [0.05, 0.1) is 12.7 Å². The number of carbonyl (C=O) groups excluding carboxylic acids is 1. The molecule has 6 nitrogen and oxygen atoms in total. The van der Waals surface area contributed by atoms with Crippen molar-refractivity contribution in [1.29, 1.82) is 0 Å². The van der Waals surface area contributed by atoms with Crippen LogP contribution in [-0.4, -0.2) is 46.6 Å². The SMILES string of the molecule is CNC(C)c1cccc(NC(=O)NCC(COC)OC)c1. The lowest BCUT2D eigenvalue weighted by Crippen LogP contribution is -2.38. The molecule has 3 N–H and O–H groups in total. The summed E-state index contributed by atoms with van der Waals surface area (Å²) in [6, 6.07) is 7.71. The lowest BCUT2D eigenvalue weighted by Gasteiger charge is -2.16. The number of hydrogen-bond acceptors (Lipinski definition) is 4. The Morgan fingerprint density at radius 2 is 2.10 bits per heavy atom. The normalized spacial score (nSPS) is 13.5. The Bertz CT molecular complexity index is 440. The van der Waals surface area contributed by atoms with E-state index in [1.807, 2.05) is 31.3 Å². The van der Waals surface area contributed by atoms with Gasteiger partial charge in [-0.25, -0.2) is 4.79 Å². The Morgan fingerprint density at radius 1 is 1.33 bits per heavy atom. The summed E-state index contributed by atoms with van der Waals surface area (Å²) < 4.78 is 10.2. The maximum absolute atomic E-state index is 11.9. The van der Waals surface area contributed by atoms with Crippen molar-refractivity contribution < 1.29 is 14.3 Å². The number of ether oxygens (including phenoxy) is 2. The highest BCUT2D eigenvalue weighted by Gasteiger charge is 2.10. The van der Waals surface area contributed by atoms with Crippen molar-refractivity contribution >= 4 is 11.7 Å². The standard InChI is InChI=1S/C15H25N3O3/c1-11(16-2)12-6-5-7-13(8-12)18-15(19)17-9-14(21-4)10-20-3/h5-8,11,14,16H,9-10H2,1-4H3,(H2,17,18,19). The molecule has 0 aliphatic heterocycles. The summed E-state index contributed by atoms with van der Waals surface area (Å²) in [5.74, 6) is 0. The molecular weight excluding hydrogens is 270 g/mol. The molecule has 0 aromatic heterocycles. The van der Waals surface area contributed by atoms with E-state index in [0.29, 0.717) is 13.2 Å². The topological polar surface area (TPSA) is 71.6 Å². The van der Waals surface area contributed by atoms with Crippen LogP contribution in [0.25, 0.3) is 0 Å². The highest BCUT2D eigenvalue weighted by molar-refractivity contribution is 5.89. The van der Waals surface area contributed by atoms with Crippen LogP contribution in [0.5, 0.6) is 0 Å². The fraction of sp³-hybridized carbons (Fsp3) is 0.533. The molecule has 0 aliphatic rings. The largest absolute Gasteiger partial charge is 0.382 e. The second-order valence-electron chi connectivity index (χ2n) is 4.78. The monoisotopic (exact) mass is 295 g/mol. The fourth-order valence-corrected chi connectivity index (χ4v) is 1.83. The predicted octanol–water partition coefficient (Wildman–Crippen LogP) is 1.75. The molecule has 0 saturated heterocycles. The van der Waals surface area contributed by atoms with Crippen LogP contribution in [0.2, 0.25) is 0 Å². The predicted molar refractivity (Wildman–Crippen MR) is 83.6 cm³/mol. The lowest BCUT2D eigenvalue weighted by molar-refractivity contribution is 0.0307. The molecule has 2 amide bonds. The molecule has 0 radical (unpaired) electrons. The van der Waals surface area contributed by atoms with Gasteiger partial charge >= 0.3 is 6.03 Å². The van der Waals surface area contributed by atoms with Crippen molar-refractivity contribution in [3.8, 4) is 0 Å². The molecule has 0 heterocycles. The van der Waals surface area contributed by atoms with Gasteiger partial charge < -0.3 is 25.4 Å². The molecule has 0 saturated carbocycles. The quantitative estimate of drug-likeness (QED) is 0.683. The Labute approximate surface area is 126 Å². The van der Waals surface area contributed by atoms with Crippen LogP contribution >= 0.6 is 0 Å². The molecule has 1 aromatic carbocycles. The van der Waals surface area contributed by atoms with E-state index < -0.39 is 0 Å². The second kappa shape index (κ2) is 9.33. The van der Waals surface area contributed by atoms with Crippen LogP contribution < -0.4 is 16.0 Å². The number of methoxy groups -OCH3 is 2. The maximum Gasteiger partial charge on any atom is 0.319 e. The van der Waals surface area contributed by atoms with Gasteiger partial charge in [0.2, 0.25) is 0 Å². The smallest absolute Gasteiger partial charge is 0.319 e. The van der Waals surface area contributed by atoms with Gasteiger partial charge in [0.1, 0.15) is 0 Å². The van der Waals surface area contributed by atoms with E-state index in [4.69, 9.17) is 9.47 Å². The zero-order valence-corrected chi connectivity index (χ0v) is 13.1. The van der Waals surface area contributed by atoms with E-state index in [2.05, 4.69) is 22.9 Å². The molecule has 0 spiro atoms. The van der Waals surface area contributed by atoms with Gasteiger partial charge in [-0.15, -0.1) is 0 Å². The van der Waals surface area contributed by atoms with E-state index in [0.717, 1.165) is 11.3 Å². The first-order valence-corrected chi connectivity index (χ1v) is 6.94. The third kappa shape index (κ3) is 6.12. The average Bonchev–Trinajstić information content (AvgIpc) is 2.50. The minimum absolute atomic E-state index is 0.156. The highest BCUT2D eigenvalue weighted by Crippen LogP contribution is 2.16. The van der Waals surface area contributed by atoms with E-state index in [-0.39, 0.29) is 18.2 Å². The van der Waals surface area contributed by atoms with Gasteiger partial charge in [-0.2, -0.15) is 0 Å². The number of amides is 2. The zero-order valence-electron chi connectivity index (χ0n) is 13.1. The fourth-order valence-electron chi connectivity index (χ4n) is 1.83. The van der Waals surface area contributed by atoms with E-state index in [9.17, 15) is 4.79 Å². The summed E-state index contributed by atoms with van der Waals surface area (Å²) in [5.41, 5.74) is 1.87. The Morgan fingerprint density at radius 3 is 2.71 bits per heavy atom. The molecule has 0 fully saturated rings. The molecule has 1 rings (SSSR count). The average molecular weight is 295 g/mol. The van der Waals surface area contributed by atoms with Gasteiger partial charge in [0, 0.05) is 32.5 Å². The molecule has 21 heavy (non-hydrogen) atoms. The van der Waals surface area contributed by atoms with Crippen LogP contribution in [0.1, 0.15) is 18.5 Å². The van der Waals surface area contributed by atoms with Gasteiger partial charge in [-0.05, 0) is 31.7 Å². The van der Waals surface area contributed by atoms with Crippen LogP contribution in [0.3, 0.4) is 0 Å². The first-order valence-electron chi connectivity index (χ1n) is 6.94. The Hall–Kier alpha value is -1.63. The number of urea groups is 1. The minimum atomic E-state index is -0.262. The highest BCUT2D eigenvalue weighted by atomic mass is 16.5. The summed E-state index contributed by atoms with van der Waals surface area (Å²) in [5, 5.41) is 8.73. The number of anilines is 1. The van der Waals surface area contributed by atoms with Crippen molar-refractivity contribution in [3.05, 3.63) is 29.8 Å². The molecule has 6 heteroatoms. The maximum atomic E-state index is 11.9. The number of rotatable bonds is 8. The number of benzene rings is 1. The molecule has 1 aromatic rings. The summed E-state index contributed by atoms with van der Waals surface area (Å²) in [6.45, 7) is 2.89. The Kier molecular flexibility index (Phi) is 7.74. The Balaban J connectivity index is 2.51. The van der Waals surface area contributed by atoms with Crippen LogP contribution in [0.4, 0.5) is 10.5 Å². The molecular formula is C15H25N3O3. The third-order valence-corrected chi connectivity index (χ3v) is 3.25. The summed E-state index contributed by atoms with van der Waals surface area (Å²) in [6.07, 6.45) is -0.156. The lowest BCUT2D eigenvalue weighted by atomic mass is 10.1. The molecule has 0 bridgehead atoms. The van der Waals surface area contributed by atoms with Crippen molar-refractivity contribution in [1.82, 2.24) is 10.6 Å². The van der Waals surface area contributed by atoms with Crippen LogP contribution in [0.15, 0.2) is 24.3 Å². The number of hydrogen-bond donors (Lipinski definition) is 3. The first kappa shape index (κ1) is 17.4. The van der Waals surface area contributed by atoms with Gasteiger partial charge in [-0.3, -0.25) is 0 Å². The first-order chi connectivity index (χ1) is 10.1. The summed E-state index contributed by atoms with van der Waals surface area (Å²) >= 11 is 0. The van der Waals surface area contributed by atoms with Crippen molar-refractivity contribution in [3.63, 3.8) is 0 Å². The van der Waals surface area contributed by atoms with E-state index in [1.165, 1.54) is 0 Å². The van der Waals surface area contributed by atoms with Crippen molar-refractivity contribution in [2.24, 2.45) is 0 Å². The molecule has 2 atom stereocenters. The summed E-state index contributed by atoms with van der Waals surface area (Å²) in [7, 11) is 5.09. The van der Waals surface area contributed by atoms with Gasteiger partial charge in [0.25, 0.3) is 0 Å². The van der Waals surface area contributed by atoms with Crippen molar-refractivity contribution in [2.75, 3.05) is 39.7 Å². The molecule has 118 valence electrons. The molecule has 2 unspecified atom stereocenters. The van der Waals surface area contributed by atoms with Gasteiger partial charge in [-0.1, -0.05) is 12.1 Å². The number of nitrogens with one attached hydrogen (secondary N) is 3. The van der Waals surface area contributed by atoms with Crippen LogP contribution in [0, 0.1) is 0 Å². The zero-order chi connectivity index (χ0) is 15.7. The molecule has 0 aliphatic carbocycles. The van der Waals surface area contributed by atoms with Gasteiger partial charge in [0.15, 0.2) is 0 Å². The van der Waals surface area contributed by atoms with Crippen molar-refractivity contribution in [2.45, 2.75) is 19.1 Å².